The van der Waals surface area contributed by atoms with Crippen LogP contribution in [0.5, 0.6) is 5.75 Å². The van der Waals surface area contributed by atoms with E-state index in [4.69, 9.17) is 28.4 Å². The lowest BCUT2D eigenvalue weighted by atomic mass is 9.85. The van der Waals surface area contributed by atoms with E-state index in [1.165, 1.54) is 13.0 Å². The minimum absolute atomic E-state index is 0.317. The normalized spacial score (nSPS) is 47.1. The molecule has 284 valence electrons. The lowest BCUT2D eigenvalue weighted by molar-refractivity contribution is -0.372. The summed E-state index contributed by atoms with van der Waals surface area (Å²) in [5.74, 6) is 0.317. The Balaban J connectivity index is 1.22. The van der Waals surface area contributed by atoms with Crippen LogP contribution in [0.2, 0.25) is 0 Å². The highest BCUT2D eigenvalue weighted by molar-refractivity contribution is 5.22. The molecule has 18 heteroatoms. The van der Waals surface area contributed by atoms with Crippen molar-refractivity contribution in [1.29, 1.82) is 0 Å². The van der Waals surface area contributed by atoms with Crippen molar-refractivity contribution in [3.05, 3.63) is 42.0 Å². The second-order valence-corrected chi connectivity index (χ2v) is 13.0. The van der Waals surface area contributed by atoms with E-state index in [-0.39, 0.29) is 0 Å². The Hall–Kier alpha value is -1.92. The second kappa shape index (κ2) is 16.8. The van der Waals surface area contributed by atoms with Crippen molar-refractivity contribution >= 4 is 0 Å². The summed E-state index contributed by atoms with van der Waals surface area (Å²) in [5.41, 5.74) is 0.470. The van der Waals surface area contributed by atoms with Gasteiger partial charge in [0.05, 0.1) is 31.4 Å². The molecular weight excluding hydrogens is 670 g/mol. The zero-order chi connectivity index (χ0) is 36.4. The number of rotatable bonds is 11. The molecule has 19 atom stereocenters. The average molecular weight is 720 g/mol. The molecule has 0 spiro atoms. The van der Waals surface area contributed by atoms with Gasteiger partial charge in [0.2, 0.25) is 6.29 Å². The number of aliphatic hydroxyl groups is 11. The Morgan fingerprint density at radius 1 is 0.640 bits per heavy atom. The molecule has 1 aromatic rings. The molecule has 1 aromatic carbocycles. The van der Waals surface area contributed by atoms with Crippen LogP contribution >= 0.6 is 0 Å². The lowest BCUT2D eigenvalue weighted by Gasteiger charge is -2.48. The van der Waals surface area contributed by atoms with Gasteiger partial charge < -0.3 is 89.9 Å². The summed E-state index contributed by atoms with van der Waals surface area (Å²) < 4.78 is 34.2. The van der Waals surface area contributed by atoms with Crippen molar-refractivity contribution in [2.45, 2.75) is 137 Å². The van der Waals surface area contributed by atoms with Gasteiger partial charge in [-0.15, -0.1) is 0 Å². The Bertz CT molecular complexity index is 1240. The van der Waals surface area contributed by atoms with Crippen molar-refractivity contribution < 1.29 is 84.6 Å². The van der Waals surface area contributed by atoms with Gasteiger partial charge in [0, 0.05) is 0 Å². The highest BCUT2D eigenvalue weighted by Gasteiger charge is 2.54. The molecule has 0 bridgehead atoms. The Morgan fingerprint density at radius 2 is 1.16 bits per heavy atom. The van der Waals surface area contributed by atoms with Crippen LogP contribution in [0.4, 0.5) is 0 Å². The number of hydrogen-bond donors (Lipinski definition) is 12. The van der Waals surface area contributed by atoms with Gasteiger partial charge in [0.25, 0.3) is 0 Å². The van der Waals surface area contributed by atoms with Crippen LogP contribution in [-0.2, 0) is 23.7 Å². The molecule has 0 saturated carbocycles. The van der Waals surface area contributed by atoms with E-state index in [1.807, 2.05) is 0 Å². The number of nitrogens with one attached hydrogen (secondary N) is 1. The molecule has 3 aliphatic heterocycles. The Kier molecular flexibility index (Phi) is 13.2. The van der Waals surface area contributed by atoms with Crippen LogP contribution in [0, 0.1) is 0 Å². The average Bonchev–Trinajstić information content (AvgIpc) is 3.11. The number of hydrogen-bond acceptors (Lipinski definition) is 18. The quantitative estimate of drug-likeness (QED) is 0.0953. The molecule has 3 fully saturated rings. The van der Waals surface area contributed by atoms with Gasteiger partial charge in [-0.1, -0.05) is 31.2 Å². The third-order valence-electron chi connectivity index (χ3n) is 9.68. The van der Waals surface area contributed by atoms with E-state index >= 15 is 0 Å². The molecule has 4 aliphatic rings. The van der Waals surface area contributed by atoms with Gasteiger partial charge in [-0.05, 0) is 31.1 Å². The smallest absolute Gasteiger partial charge is 0.229 e. The number of benzene rings is 1. The first-order valence-corrected chi connectivity index (χ1v) is 16.6. The monoisotopic (exact) mass is 719 g/mol. The standard InChI is InChI=1S/C32H49NO17/c1-3-13-9-15(20(37)22(39)19(13)36)33-18-12(2)45-30(25(42)21(18)38)49-28-17(11-35)48-32(27(44)24(28)41)50-29-16(10-34)47-31(26(43)23(29)40)46-14-7-5-4-6-8-14/h4-9,12,15-44H,3,10-11H2,1-2H3. The predicted octanol–water partition coefficient (Wildman–Crippen LogP) is -5.06. The van der Waals surface area contributed by atoms with Crippen molar-refractivity contribution in [3.63, 3.8) is 0 Å². The zero-order valence-corrected chi connectivity index (χ0v) is 27.4. The summed E-state index contributed by atoms with van der Waals surface area (Å²) in [4.78, 5) is 0. The molecule has 18 nitrogen and oxygen atoms in total. The van der Waals surface area contributed by atoms with Crippen LogP contribution in [0.15, 0.2) is 42.0 Å². The molecule has 0 aromatic heterocycles. The maximum atomic E-state index is 11.1. The van der Waals surface area contributed by atoms with E-state index < -0.39 is 130 Å². The maximum Gasteiger partial charge on any atom is 0.229 e. The van der Waals surface area contributed by atoms with Crippen molar-refractivity contribution in [3.8, 4) is 5.75 Å². The largest absolute Gasteiger partial charge is 0.462 e. The highest BCUT2D eigenvalue weighted by Crippen LogP contribution is 2.33. The van der Waals surface area contributed by atoms with Gasteiger partial charge >= 0.3 is 0 Å². The van der Waals surface area contributed by atoms with Gasteiger partial charge in [0.15, 0.2) is 12.6 Å². The maximum absolute atomic E-state index is 11.1. The van der Waals surface area contributed by atoms with Crippen LogP contribution in [-0.4, -0.2) is 186 Å². The highest BCUT2D eigenvalue weighted by atomic mass is 16.8. The van der Waals surface area contributed by atoms with Crippen molar-refractivity contribution in [2.75, 3.05) is 13.2 Å². The Labute approximate surface area is 287 Å². The summed E-state index contributed by atoms with van der Waals surface area (Å²) in [6, 6.07) is 6.36. The molecule has 0 amide bonds. The molecule has 3 saturated heterocycles. The minimum atomic E-state index is -1.91. The fourth-order valence-corrected chi connectivity index (χ4v) is 6.71. The van der Waals surface area contributed by atoms with Gasteiger partial charge in [-0.25, -0.2) is 0 Å². The fraction of sp³-hybridized carbons (Fsp3) is 0.750. The third-order valence-corrected chi connectivity index (χ3v) is 9.68. The summed E-state index contributed by atoms with van der Waals surface area (Å²) in [7, 11) is 0. The molecule has 1 aliphatic carbocycles. The van der Waals surface area contributed by atoms with Crippen molar-refractivity contribution in [1.82, 2.24) is 5.32 Å². The predicted molar refractivity (Wildman–Crippen MR) is 166 cm³/mol. The van der Waals surface area contributed by atoms with E-state index in [9.17, 15) is 56.2 Å². The third kappa shape index (κ3) is 8.02. The van der Waals surface area contributed by atoms with Gasteiger partial charge in [-0.3, -0.25) is 0 Å². The summed E-state index contributed by atoms with van der Waals surface area (Å²) in [6.45, 7) is 1.78. The van der Waals surface area contributed by atoms with Crippen LogP contribution in [0.25, 0.3) is 0 Å². The fourth-order valence-electron chi connectivity index (χ4n) is 6.71. The molecule has 5 rings (SSSR count). The summed E-state index contributed by atoms with van der Waals surface area (Å²) in [6.07, 6.45) is -24.2. The number of para-hydroxylation sites is 1. The number of ether oxygens (including phenoxy) is 6. The first kappa shape index (κ1) is 39.3. The number of aliphatic hydroxyl groups excluding tert-OH is 11. The second-order valence-electron chi connectivity index (χ2n) is 13.0. The SMILES string of the molecule is CCC1=CC(NC2C(C)OC(OC3C(CO)OC(OC4C(CO)OC(Oc5ccccc5)C(O)C4O)C(O)C3O)C(O)C2O)C(O)C(O)C1O. The lowest BCUT2D eigenvalue weighted by Crippen LogP contribution is -2.68. The molecule has 0 radical (unpaired) electrons. The van der Waals surface area contributed by atoms with E-state index in [1.54, 1.807) is 37.3 Å². The summed E-state index contributed by atoms with van der Waals surface area (Å²) >= 11 is 0. The molecular formula is C32H49NO17. The first-order chi connectivity index (χ1) is 23.8. The minimum Gasteiger partial charge on any atom is -0.462 e. The molecule has 3 heterocycles. The first-order valence-electron chi connectivity index (χ1n) is 16.6. The van der Waals surface area contributed by atoms with Gasteiger partial charge in [-0.2, -0.15) is 0 Å². The van der Waals surface area contributed by atoms with E-state index in [0.717, 1.165) is 0 Å². The van der Waals surface area contributed by atoms with E-state index in [2.05, 4.69) is 5.32 Å². The van der Waals surface area contributed by atoms with Crippen LogP contribution in [0.1, 0.15) is 20.3 Å². The van der Waals surface area contributed by atoms with E-state index in [0.29, 0.717) is 17.7 Å². The van der Waals surface area contributed by atoms with Crippen molar-refractivity contribution in [2.24, 2.45) is 0 Å². The Morgan fingerprint density at radius 3 is 1.72 bits per heavy atom. The van der Waals surface area contributed by atoms with Gasteiger partial charge in [0.1, 0.15) is 85.1 Å². The molecule has 19 unspecified atom stereocenters. The topological polar surface area (TPSA) is 290 Å². The summed E-state index contributed by atoms with van der Waals surface area (Å²) in [5, 5.41) is 120. The molecule has 50 heavy (non-hydrogen) atoms. The zero-order valence-electron chi connectivity index (χ0n) is 27.4. The van der Waals surface area contributed by atoms with Crippen LogP contribution in [0.3, 0.4) is 0 Å². The van der Waals surface area contributed by atoms with Crippen LogP contribution < -0.4 is 10.1 Å². The molecule has 12 N–H and O–H groups in total.